The maximum Gasteiger partial charge on any atom is 0.248 e. The van der Waals surface area contributed by atoms with Gasteiger partial charge in [0, 0.05) is 39.2 Å². The van der Waals surface area contributed by atoms with Crippen molar-refractivity contribution in [3.05, 3.63) is 64.8 Å². The number of nitrogens with one attached hydrogen (secondary N) is 2. The van der Waals surface area contributed by atoms with E-state index in [0.717, 1.165) is 10.2 Å². The van der Waals surface area contributed by atoms with Crippen LogP contribution in [0.5, 0.6) is 5.75 Å². The zero-order chi connectivity index (χ0) is 21.5. The summed E-state index contributed by atoms with van der Waals surface area (Å²) in [6.07, 6.45) is 4.67. The molecule has 1 aromatic heterocycles. The molecule has 2 aromatic carbocycles. The number of nitriles is 1. The first kappa shape index (κ1) is 21.8. The Kier molecular flexibility index (Phi) is 7.44. The van der Waals surface area contributed by atoms with Gasteiger partial charge in [-0.05, 0) is 31.2 Å². The Morgan fingerprint density at radius 3 is 2.87 bits per heavy atom. The number of halogens is 2. The summed E-state index contributed by atoms with van der Waals surface area (Å²) in [4.78, 5) is 16.6. The molecule has 8 heteroatoms. The standard InChI is InChI=1S/C22H18Br2N4O2/c1-2-30-20-11-18-17(10-19(20)28-21(29)7-4-8-23)22(14(12-25)13-26-18)27-16-6-3-5-15(24)9-16/h3-7,9-11,13H,2,8H2,1H3,(H,26,27)(H,28,29)/b7-4+. The number of carbonyl (C=O) groups excluding carboxylic acids is 1. The Hall–Kier alpha value is -2.89. The number of rotatable bonds is 7. The van der Waals surface area contributed by atoms with Gasteiger partial charge >= 0.3 is 0 Å². The number of ether oxygens (including phenoxy) is 1. The largest absolute Gasteiger partial charge is 0.492 e. The van der Waals surface area contributed by atoms with E-state index in [1.165, 1.54) is 12.3 Å². The number of hydrogen-bond acceptors (Lipinski definition) is 5. The first-order valence-electron chi connectivity index (χ1n) is 9.11. The van der Waals surface area contributed by atoms with E-state index in [1.54, 1.807) is 18.2 Å². The third-order valence-corrected chi connectivity index (χ3v) is 4.97. The van der Waals surface area contributed by atoms with Gasteiger partial charge in [0.15, 0.2) is 0 Å². The smallest absolute Gasteiger partial charge is 0.248 e. The molecule has 0 saturated carbocycles. The fourth-order valence-electron chi connectivity index (χ4n) is 2.85. The van der Waals surface area contributed by atoms with E-state index < -0.39 is 0 Å². The van der Waals surface area contributed by atoms with Crippen LogP contribution in [0.1, 0.15) is 12.5 Å². The SMILES string of the molecule is CCOc1cc2ncc(C#N)c(Nc3cccc(Br)c3)c2cc1NC(=O)/C=C/CBr. The Morgan fingerprint density at radius 2 is 2.17 bits per heavy atom. The second-order valence-corrected chi connectivity index (χ2v) is 7.70. The van der Waals surface area contributed by atoms with Crippen molar-refractivity contribution in [1.82, 2.24) is 4.98 Å². The molecule has 30 heavy (non-hydrogen) atoms. The lowest BCUT2D eigenvalue weighted by Gasteiger charge is -2.16. The van der Waals surface area contributed by atoms with Gasteiger partial charge in [-0.2, -0.15) is 5.26 Å². The van der Waals surface area contributed by atoms with Gasteiger partial charge in [0.05, 0.1) is 29.1 Å². The number of anilines is 3. The minimum atomic E-state index is -0.277. The van der Waals surface area contributed by atoms with Crippen molar-refractivity contribution in [2.75, 3.05) is 22.6 Å². The lowest BCUT2D eigenvalue weighted by atomic mass is 10.1. The van der Waals surface area contributed by atoms with Crippen LogP contribution in [0.15, 0.2) is 59.2 Å². The normalized spacial score (nSPS) is 10.7. The molecule has 0 unspecified atom stereocenters. The molecule has 3 rings (SSSR count). The fourth-order valence-corrected chi connectivity index (χ4v) is 3.43. The van der Waals surface area contributed by atoms with Crippen molar-refractivity contribution in [2.45, 2.75) is 6.92 Å². The maximum absolute atomic E-state index is 12.2. The van der Waals surface area contributed by atoms with Crippen molar-refractivity contribution in [3.8, 4) is 11.8 Å². The predicted molar refractivity (Wildman–Crippen MR) is 127 cm³/mol. The van der Waals surface area contributed by atoms with Crippen LogP contribution in [0, 0.1) is 11.3 Å². The average molecular weight is 530 g/mol. The number of carbonyl (C=O) groups is 1. The second kappa shape index (κ2) is 10.2. The van der Waals surface area contributed by atoms with Gasteiger partial charge in [0.1, 0.15) is 11.8 Å². The predicted octanol–water partition coefficient (Wildman–Crippen LogP) is 5.90. The average Bonchev–Trinajstić information content (AvgIpc) is 2.73. The fraction of sp³-hybridized carbons (Fsp3) is 0.136. The van der Waals surface area contributed by atoms with Gasteiger partial charge in [0.25, 0.3) is 0 Å². The van der Waals surface area contributed by atoms with Gasteiger partial charge in [-0.1, -0.05) is 44.0 Å². The number of hydrogen-bond donors (Lipinski definition) is 2. The van der Waals surface area contributed by atoms with Crippen molar-refractivity contribution in [3.63, 3.8) is 0 Å². The first-order valence-corrected chi connectivity index (χ1v) is 11.0. The van der Waals surface area contributed by atoms with Crippen LogP contribution in [0.25, 0.3) is 10.9 Å². The summed E-state index contributed by atoms with van der Waals surface area (Å²) in [5, 5.41) is 17.0. The summed E-state index contributed by atoms with van der Waals surface area (Å²) in [7, 11) is 0. The highest BCUT2D eigenvalue weighted by Crippen LogP contribution is 2.36. The molecule has 2 N–H and O–H groups in total. The first-order chi connectivity index (χ1) is 14.5. The van der Waals surface area contributed by atoms with Gasteiger partial charge in [-0.15, -0.1) is 0 Å². The highest BCUT2D eigenvalue weighted by Gasteiger charge is 2.15. The molecule has 0 atom stereocenters. The summed E-state index contributed by atoms with van der Waals surface area (Å²) < 4.78 is 6.61. The van der Waals surface area contributed by atoms with E-state index in [4.69, 9.17) is 4.74 Å². The second-order valence-electron chi connectivity index (χ2n) is 6.14. The number of alkyl halides is 1. The molecule has 0 bridgehead atoms. The van der Waals surface area contributed by atoms with Gasteiger partial charge in [-0.3, -0.25) is 9.78 Å². The molecule has 0 fully saturated rings. The Balaban J connectivity index is 2.14. The van der Waals surface area contributed by atoms with Crippen LogP contribution < -0.4 is 15.4 Å². The molecule has 152 valence electrons. The molecule has 1 heterocycles. The molecular weight excluding hydrogens is 512 g/mol. The Morgan fingerprint density at radius 1 is 1.33 bits per heavy atom. The summed E-state index contributed by atoms with van der Waals surface area (Å²) in [6, 6.07) is 13.3. The molecule has 6 nitrogen and oxygen atoms in total. The summed E-state index contributed by atoms with van der Waals surface area (Å²) in [5.74, 6) is 0.233. The summed E-state index contributed by atoms with van der Waals surface area (Å²) in [6.45, 7) is 2.30. The minimum Gasteiger partial charge on any atom is -0.492 e. The zero-order valence-corrected chi connectivity index (χ0v) is 19.2. The topological polar surface area (TPSA) is 87.0 Å². The molecular formula is C22H18Br2N4O2. The number of fused-ring (bicyclic) bond motifs is 1. The Labute approximate surface area is 191 Å². The van der Waals surface area contributed by atoms with Gasteiger partial charge in [-0.25, -0.2) is 0 Å². The molecule has 0 aliphatic rings. The molecule has 3 aromatic rings. The molecule has 0 aliphatic carbocycles. The molecule has 0 radical (unpaired) electrons. The van der Waals surface area contributed by atoms with Gasteiger partial charge < -0.3 is 15.4 Å². The third kappa shape index (κ3) is 5.17. The summed E-state index contributed by atoms with van der Waals surface area (Å²) >= 11 is 6.71. The van der Waals surface area contributed by atoms with Gasteiger partial charge in [0.2, 0.25) is 5.91 Å². The highest BCUT2D eigenvalue weighted by molar-refractivity contribution is 9.10. The van der Waals surface area contributed by atoms with Crippen LogP contribution in [0.4, 0.5) is 17.1 Å². The maximum atomic E-state index is 12.2. The van der Waals surface area contributed by atoms with Crippen molar-refractivity contribution >= 4 is 65.7 Å². The van der Waals surface area contributed by atoms with E-state index in [2.05, 4.69) is 53.5 Å². The highest BCUT2D eigenvalue weighted by atomic mass is 79.9. The number of aromatic nitrogens is 1. The molecule has 0 spiro atoms. The van der Waals surface area contributed by atoms with Crippen LogP contribution in [-0.4, -0.2) is 22.8 Å². The monoisotopic (exact) mass is 528 g/mol. The molecule has 0 saturated heterocycles. The minimum absolute atomic E-state index is 0.277. The van der Waals surface area contributed by atoms with Crippen LogP contribution in [0.3, 0.4) is 0 Å². The van der Waals surface area contributed by atoms with Crippen molar-refractivity contribution in [2.24, 2.45) is 0 Å². The lowest BCUT2D eigenvalue weighted by Crippen LogP contribution is -2.10. The Bertz CT molecular complexity index is 1160. The van der Waals surface area contributed by atoms with Crippen LogP contribution in [-0.2, 0) is 4.79 Å². The number of pyridine rings is 1. The van der Waals surface area contributed by atoms with E-state index in [0.29, 0.717) is 45.5 Å². The molecule has 1 amide bonds. The van der Waals surface area contributed by atoms with E-state index in [9.17, 15) is 10.1 Å². The molecule has 0 aliphatic heterocycles. The summed E-state index contributed by atoms with van der Waals surface area (Å²) in [5.41, 5.74) is 2.96. The van der Waals surface area contributed by atoms with Crippen molar-refractivity contribution in [1.29, 1.82) is 5.26 Å². The zero-order valence-electron chi connectivity index (χ0n) is 16.1. The van der Waals surface area contributed by atoms with E-state index >= 15 is 0 Å². The van der Waals surface area contributed by atoms with Crippen LogP contribution >= 0.6 is 31.9 Å². The quantitative estimate of drug-likeness (QED) is 0.294. The van der Waals surface area contributed by atoms with Crippen molar-refractivity contribution < 1.29 is 9.53 Å². The van der Waals surface area contributed by atoms with Crippen LogP contribution in [0.2, 0.25) is 0 Å². The number of benzene rings is 2. The third-order valence-electron chi connectivity index (χ3n) is 4.10. The number of allylic oxidation sites excluding steroid dienone is 1. The number of amides is 1. The van der Waals surface area contributed by atoms with E-state index in [1.807, 2.05) is 31.2 Å². The van der Waals surface area contributed by atoms with E-state index in [-0.39, 0.29) is 5.91 Å². The lowest BCUT2D eigenvalue weighted by molar-refractivity contribution is -0.111. The number of nitrogens with zero attached hydrogens (tertiary/aromatic N) is 2.